The number of hydrogen-bond donors (Lipinski definition) is 1. The Kier molecular flexibility index (Phi) is 4.83. The molecule has 1 N–H and O–H groups in total. The molecule has 120 valence electrons. The van der Waals surface area contributed by atoms with E-state index in [1.54, 1.807) is 24.9 Å². The Hall–Kier alpha value is -1.65. The molecule has 0 radical (unpaired) electrons. The van der Waals surface area contributed by atoms with Gasteiger partial charge in [0, 0.05) is 21.2 Å². The summed E-state index contributed by atoms with van der Waals surface area (Å²) in [6.07, 6.45) is 0.896. The summed E-state index contributed by atoms with van der Waals surface area (Å²) in [5, 5.41) is 3.82. The van der Waals surface area contributed by atoms with Gasteiger partial charge in [0.05, 0.1) is 13.2 Å². The molecule has 0 aromatic heterocycles. The molecule has 3 rings (SSSR count). The fraction of sp³-hybridized carbons (Fsp3) is 0.278. The molecule has 1 heterocycles. The molecular formula is C18H18ClNO2S. The molecule has 0 saturated carbocycles. The lowest BCUT2D eigenvalue weighted by molar-refractivity contribution is 0.0934. The standard InChI is InChI=1S/C18H18ClNO2S/c1-11-3-4-12(9-16(11)22-2)18(21)20-15-7-8-23-17-6-5-13(19)10-14(15)17/h3-6,9-10,15H,7-8H2,1-2H3,(H,20,21). The maximum atomic E-state index is 12.6. The minimum absolute atomic E-state index is 0.00949. The Bertz CT molecular complexity index is 748. The minimum atomic E-state index is -0.0916. The van der Waals surface area contributed by atoms with Crippen LogP contribution in [0.25, 0.3) is 0 Å². The number of benzene rings is 2. The van der Waals surface area contributed by atoms with E-state index in [0.29, 0.717) is 10.6 Å². The summed E-state index contributed by atoms with van der Waals surface area (Å²) >= 11 is 7.92. The van der Waals surface area contributed by atoms with Crippen LogP contribution < -0.4 is 10.1 Å². The molecule has 0 bridgehead atoms. The lowest BCUT2D eigenvalue weighted by Gasteiger charge is -2.26. The molecule has 0 spiro atoms. The summed E-state index contributed by atoms with van der Waals surface area (Å²) in [6.45, 7) is 1.96. The van der Waals surface area contributed by atoms with Crippen LogP contribution in [0.3, 0.4) is 0 Å². The highest BCUT2D eigenvalue weighted by molar-refractivity contribution is 7.99. The molecule has 3 nitrogen and oxygen atoms in total. The van der Waals surface area contributed by atoms with Crippen LogP contribution >= 0.6 is 23.4 Å². The van der Waals surface area contributed by atoms with E-state index in [1.165, 1.54) is 4.90 Å². The second-order valence-electron chi connectivity index (χ2n) is 5.53. The van der Waals surface area contributed by atoms with Crippen LogP contribution in [0.4, 0.5) is 0 Å². The van der Waals surface area contributed by atoms with E-state index in [4.69, 9.17) is 16.3 Å². The van der Waals surface area contributed by atoms with Crippen LogP contribution in [0.15, 0.2) is 41.3 Å². The van der Waals surface area contributed by atoms with Gasteiger partial charge in [0.25, 0.3) is 5.91 Å². The van der Waals surface area contributed by atoms with Gasteiger partial charge in [0.15, 0.2) is 0 Å². The third-order valence-corrected chi connectivity index (χ3v) is 5.34. The average Bonchev–Trinajstić information content (AvgIpc) is 2.55. The van der Waals surface area contributed by atoms with Crippen molar-refractivity contribution in [2.45, 2.75) is 24.3 Å². The molecule has 5 heteroatoms. The maximum Gasteiger partial charge on any atom is 0.251 e. The van der Waals surface area contributed by atoms with Crippen molar-refractivity contribution >= 4 is 29.3 Å². The van der Waals surface area contributed by atoms with Crippen molar-refractivity contribution in [1.82, 2.24) is 5.32 Å². The number of carbonyl (C=O) groups excluding carboxylic acids is 1. The third-order valence-electron chi connectivity index (χ3n) is 3.99. The van der Waals surface area contributed by atoms with Gasteiger partial charge < -0.3 is 10.1 Å². The van der Waals surface area contributed by atoms with Crippen molar-refractivity contribution in [3.63, 3.8) is 0 Å². The van der Waals surface area contributed by atoms with Crippen LogP contribution in [-0.4, -0.2) is 18.8 Å². The van der Waals surface area contributed by atoms with Crippen molar-refractivity contribution in [2.75, 3.05) is 12.9 Å². The summed E-state index contributed by atoms with van der Waals surface area (Å²) in [4.78, 5) is 13.8. The Balaban J connectivity index is 1.83. The number of aryl methyl sites for hydroxylation is 1. The Morgan fingerprint density at radius 3 is 2.91 bits per heavy atom. The van der Waals surface area contributed by atoms with Crippen molar-refractivity contribution in [3.8, 4) is 5.75 Å². The molecule has 0 saturated heterocycles. The maximum absolute atomic E-state index is 12.6. The molecule has 1 atom stereocenters. The first-order valence-corrected chi connectivity index (χ1v) is 8.82. The monoisotopic (exact) mass is 347 g/mol. The largest absolute Gasteiger partial charge is 0.496 e. The zero-order chi connectivity index (χ0) is 16.4. The van der Waals surface area contributed by atoms with Gasteiger partial charge in [-0.3, -0.25) is 4.79 Å². The number of carbonyl (C=O) groups is 1. The molecule has 23 heavy (non-hydrogen) atoms. The number of halogens is 1. The van der Waals surface area contributed by atoms with Crippen LogP contribution in [0.1, 0.15) is 33.9 Å². The van der Waals surface area contributed by atoms with Crippen molar-refractivity contribution in [3.05, 3.63) is 58.1 Å². The predicted octanol–water partition coefficient (Wildman–Crippen LogP) is 4.62. The highest BCUT2D eigenvalue weighted by Crippen LogP contribution is 2.37. The van der Waals surface area contributed by atoms with Gasteiger partial charge >= 0.3 is 0 Å². The second-order valence-corrected chi connectivity index (χ2v) is 7.10. The number of fused-ring (bicyclic) bond motifs is 1. The highest BCUT2D eigenvalue weighted by atomic mass is 35.5. The molecular weight excluding hydrogens is 330 g/mol. The Morgan fingerprint density at radius 1 is 1.30 bits per heavy atom. The molecule has 0 aliphatic carbocycles. The van der Waals surface area contributed by atoms with Gasteiger partial charge in [-0.2, -0.15) is 0 Å². The van der Waals surface area contributed by atoms with Crippen LogP contribution in [0, 0.1) is 6.92 Å². The quantitative estimate of drug-likeness (QED) is 0.880. The minimum Gasteiger partial charge on any atom is -0.496 e. The third kappa shape index (κ3) is 3.48. The van der Waals surface area contributed by atoms with Crippen molar-refractivity contribution in [2.24, 2.45) is 0 Å². The predicted molar refractivity (Wildman–Crippen MR) is 94.7 cm³/mol. The topological polar surface area (TPSA) is 38.3 Å². The number of nitrogens with one attached hydrogen (secondary N) is 1. The lowest BCUT2D eigenvalue weighted by Crippen LogP contribution is -2.30. The summed E-state index contributed by atoms with van der Waals surface area (Å²) in [7, 11) is 1.61. The molecule has 1 amide bonds. The van der Waals surface area contributed by atoms with Gasteiger partial charge in [-0.1, -0.05) is 17.7 Å². The average molecular weight is 348 g/mol. The van der Waals surface area contributed by atoms with E-state index in [2.05, 4.69) is 5.32 Å². The summed E-state index contributed by atoms with van der Waals surface area (Å²) in [5.41, 5.74) is 2.71. The summed E-state index contributed by atoms with van der Waals surface area (Å²) in [6, 6.07) is 11.4. The fourth-order valence-electron chi connectivity index (χ4n) is 2.72. The molecule has 2 aromatic carbocycles. The molecule has 1 aliphatic rings. The van der Waals surface area contributed by atoms with E-state index in [1.807, 2.05) is 37.3 Å². The van der Waals surface area contributed by atoms with E-state index in [0.717, 1.165) is 29.1 Å². The molecule has 1 unspecified atom stereocenters. The fourth-order valence-corrected chi connectivity index (χ4v) is 4.00. The zero-order valence-electron chi connectivity index (χ0n) is 13.1. The number of ether oxygens (including phenoxy) is 1. The molecule has 0 fully saturated rings. The van der Waals surface area contributed by atoms with E-state index < -0.39 is 0 Å². The van der Waals surface area contributed by atoms with Gasteiger partial charge in [0.1, 0.15) is 5.75 Å². The molecule has 2 aromatic rings. The SMILES string of the molecule is COc1cc(C(=O)NC2CCSc3ccc(Cl)cc32)ccc1C. The Morgan fingerprint density at radius 2 is 2.13 bits per heavy atom. The van der Waals surface area contributed by atoms with Gasteiger partial charge in [-0.25, -0.2) is 0 Å². The number of methoxy groups -OCH3 is 1. The van der Waals surface area contributed by atoms with Crippen molar-refractivity contribution in [1.29, 1.82) is 0 Å². The molecule has 1 aliphatic heterocycles. The van der Waals surface area contributed by atoms with Gasteiger partial charge in [-0.05, 0) is 54.8 Å². The van der Waals surface area contributed by atoms with Gasteiger partial charge in [0.2, 0.25) is 0 Å². The van der Waals surface area contributed by atoms with Crippen LogP contribution in [0.5, 0.6) is 5.75 Å². The van der Waals surface area contributed by atoms with Gasteiger partial charge in [-0.15, -0.1) is 11.8 Å². The van der Waals surface area contributed by atoms with E-state index in [-0.39, 0.29) is 11.9 Å². The second kappa shape index (κ2) is 6.85. The number of hydrogen-bond acceptors (Lipinski definition) is 3. The number of rotatable bonds is 3. The first-order valence-electron chi connectivity index (χ1n) is 7.46. The smallest absolute Gasteiger partial charge is 0.251 e. The first kappa shape index (κ1) is 16.2. The summed E-state index contributed by atoms with van der Waals surface area (Å²) < 4.78 is 5.30. The van der Waals surface area contributed by atoms with Crippen molar-refractivity contribution < 1.29 is 9.53 Å². The van der Waals surface area contributed by atoms with E-state index >= 15 is 0 Å². The summed E-state index contributed by atoms with van der Waals surface area (Å²) in [5.74, 6) is 1.61. The van der Waals surface area contributed by atoms with Crippen LogP contribution in [-0.2, 0) is 0 Å². The number of thioether (sulfide) groups is 1. The zero-order valence-corrected chi connectivity index (χ0v) is 14.6. The van der Waals surface area contributed by atoms with Crippen LogP contribution in [0.2, 0.25) is 5.02 Å². The first-order chi connectivity index (χ1) is 11.1. The normalized spacial score (nSPS) is 16.6. The lowest BCUT2D eigenvalue weighted by atomic mass is 10.0. The van der Waals surface area contributed by atoms with E-state index in [9.17, 15) is 4.79 Å². The Labute approximate surface area is 145 Å². The highest BCUT2D eigenvalue weighted by Gasteiger charge is 2.23. The number of amides is 1.